The van der Waals surface area contributed by atoms with Gasteiger partial charge in [0.1, 0.15) is 6.29 Å². The third kappa shape index (κ3) is 3.34. The monoisotopic (exact) mass is 214 g/mol. The second-order valence-corrected chi connectivity index (χ2v) is 4.76. The lowest BCUT2D eigenvalue weighted by Crippen LogP contribution is -2.00. The van der Waals surface area contributed by atoms with Crippen LogP contribution in [0, 0.1) is 11.8 Å². The van der Waals surface area contributed by atoms with E-state index in [0.717, 1.165) is 18.6 Å². The summed E-state index contributed by atoms with van der Waals surface area (Å²) in [6, 6.07) is 8.46. The molecule has 16 heavy (non-hydrogen) atoms. The Morgan fingerprint density at radius 1 is 1.44 bits per heavy atom. The molecule has 1 fully saturated rings. The van der Waals surface area contributed by atoms with Gasteiger partial charge >= 0.3 is 0 Å². The molecule has 0 radical (unpaired) electrons. The maximum Gasteiger partial charge on any atom is 0.123 e. The number of carbonyl (C=O) groups excluding carboxylic acids is 1. The van der Waals surface area contributed by atoms with Gasteiger partial charge in [-0.05, 0) is 36.3 Å². The molecule has 1 atom stereocenters. The van der Waals surface area contributed by atoms with Crippen LogP contribution in [0.4, 0.5) is 0 Å². The largest absolute Gasteiger partial charge is 0.303 e. The molecule has 1 saturated carbocycles. The Hall–Kier alpha value is -1.37. The third-order valence-corrected chi connectivity index (χ3v) is 2.92. The molecule has 1 unspecified atom stereocenters. The first-order valence-corrected chi connectivity index (χ1v) is 6.00. The van der Waals surface area contributed by atoms with E-state index in [1.54, 1.807) is 0 Å². The summed E-state index contributed by atoms with van der Waals surface area (Å²) in [5, 5.41) is 0. The fraction of sp³-hybridized carbons (Fsp3) is 0.400. The molecular weight excluding hydrogens is 196 g/mol. The molecule has 1 nitrogen and oxygen atoms in total. The fourth-order valence-corrected chi connectivity index (χ4v) is 1.78. The summed E-state index contributed by atoms with van der Waals surface area (Å²) in [4.78, 5) is 10.6. The van der Waals surface area contributed by atoms with E-state index in [2.05, 4.69) is 36.4 Å². The lowest BCUT2D eigenvalue weighted by atomic mass is 10.0. The van der Waals surface area contributed by atoms with Crippen LogP contribution in [-0.4, -0.2) is 6.29 Å². The fourth-order valence-electron chi connectivity index (χ4n) is 1.78. The van der Waals surface area contributed by atoms with Crippen molar-refractivity contribution in [2.24, 2.45) is 11.8 Å². The number of rotatable bonds is 5. The van der Waals surface area contributed by atoms with Crippen LogP contribution in [0.1, 0.15) is 30.9 Å². The second kappa shape index (κ2) is 5.11. The van der Waals surface area contributed by atoms with E-state index in [1.165, 1.54) is 24.0 Å². The highest BCUT2D eigenvalue weighted by Crippen LogP contribution is 2.30. The van der Waals surface area contributed by atoms with E-state index < -0.39 is 0 Å². The lowest BCUT2D eigenvalue weighted by Gasteiger charge is -2.04. The zero-order valence-electron chi connectivity index (χ0n) is 9.73. The molecule has 1 aliphatic carbocycles. The van der Waals surface area contributed by atoms with Crippen LogP contribution in [0.25, 0.3) is 6.08 Å². The van der Waals surface area contributed by atoms with Crippen LogP contribution in [0.5, 0.6) is 0 Å². The van der Waals surface area contributed by atoms with Crippen molar-refractivity contribution in [2.45, 2.75) is 26.2 Å². The molecule has 1 aromatic carbocycles. The highest BCUT2D eigenvalue weighted by Gasteiger charge is 2.16. The predicted molar refractivity (Wildman–Crippen MR) is 67.1 cm³/mol. The van der Waals surface area contributed by atoms with Gasteiger partial charge in [-0.15, -0.1) is 0 Å². The number of carbonyl (C=O) groups is 1. The van der Waals surface area contributed by atoms with Gasteiger partial charge in [-0.25, -0.2) is 0 Å². The molecule has 0 amide bonds. The highest BCUT2D eigenvalue weighted by molar-refractivity contribution is 5.55. The van der Waals surface area contributed by atoms with Crippen molar-refractivity contribution in [1.82, 2.24) is 0 Å². The summed E-state index contributed by atoms with van der Waals surface area (Å²) >= 11 is 0. The van der Waals surface area contributed by atoms with Crippen LogP contribution >= 0.6 is 0 Å². The van der Waals surface area contributed by atoms with E-state index in [1.807, 2.05) is 6.92 Å². The highest BCUT2D eigenvalue weighted by atomic mass is 16.1. The Kier molecular flexibility index (Phi) is 3.55. The average Bonchev–Trinajstić information content (AvgIpc) is 3.10. The van der Waals surface area contributed by atoms with Gasteiger partial charge in [-0.2, -0.15) is 0 Å². The first-order chi connectivity index (χ1) is 7.78. The summed E-state index contributed by atoms with van der Waals surface area (Å²) in [6.07, 6.45) is 9.05. The normalized spacial score (nSPS) is 17.6. The minimum absolute atomic E-state index is 0.114. The summed E-state index contributed by atoms with van der Waals surface area (Å²) in [6.45, 7) is 1.96. The number of aldehydes is 1. The van der Waals surface area contributed by atoms with Gasteiger partial charge < -0.3 is 4.79 Å². The van der Waals surface area contributed by atoms with E-state index >= 15 is 0 Å². The van der Waals surface area contributed by atoms with Crippen molar-refractivity contribution >= 4 is 12.4 Å². The third-order valence-electron chi connectivity index (χ3n) is 2.92. The zero-order chi connectivity index (χ0) is 11.4. The molecule has 1 aromatic rings. The second-order valence-electron chi connectivity index (χ2n) is 4.76. The molecule has 0 spiro atoms. The van der Waals surface area contributed by atoms with Gasteiger partial charge in [0.2, 0.25) is 0 Å². The van der Waals surface area contributed by atoms with Gasteiger partial charge in [-0.3, -0.25) is 0 Å². The maximum absolute atomic E-state index is 10.6. The molecule has 1 heteroatoms. The summed E-state index contributed by atoms with van der Waals surface area (Å²) < 4.78 is 0. The Labute approximate surface area is 97.2 Å². The molecule has 0 heterocycles. The van der Waals surface area contributed by atoms with E-state index in [-0.39, 0.29) is 5.92 Å². The average molecular weight is 214 g/mol. The SMILES string of the molecule is CC(C=O)Cc1cccc(/C=C\C2CC2)c1. The van der Waals surface area contributed by atoms with Crippen molar-refractivity contribution in [2.75, 3.05) is 0 Å². The van der Waals surface area contributed by atoms with Crippen molar-refractivity contribution < 1.29 is 4.79 Å². The quantitative estimate of drug-likeness (QED) is 0.686. The predicted octanol–water partition coefficient (Wildman–Crippen LogP) is 3.49. The first-order valence-electron chi connectivity index (χ1n) is 6.00. The molecule has 84 valence electrons. The van der Waals surface area contributed by atoms with Crippen molar-refractivity contribution in [1.29, 1.82) is 0 Å². The van der Waals surface area contributed by atoms with Crippen molar-refractivity contribution in [3.05, 3.63) is 41.5 Å². The summed E-state index contributed by atoms with van der Waals surface area (Å²) in [5.41, 5.74) is 2.50. The van der Waals surface area contributed by atoms with Gasteiger partial charge in [0, 0.05) is 5.92 Å². The number of hydrogen-bond acceptors (Lipinski definition) is 1. The Morgan fingerprint density at radius 2 is 2.25 bits per heavy atom. The topological polar surface area (TPSA) is 17.1 Å². The number of allylic oxidation sites excluding steroid dienone is 1. The standard InChI is InChI=1S/C15H18O/c1-12(11-16)9-15-4-2-3-14(10-15)8-7-13-5-6-13/h2-4,7-8,10-13H,5-6,9H2,1H3/b8-7-. The van der Waals surface area contributed by atoms with Gasteiger partial charge in [-0.1, -0.05) is 43.3 Å². The Morgan fingerprint density at radius 3 is 2.94 bits per heavy atom. The van der Waals surface area contributed by atoms with Crippen LogP contribution in [0.15, 0.2) is 30.3 Å². The maximum atomic E-state index is 10.6. The molecule has 2 rings (SSSR count). The van der Waals surface area contributed by atoms with E-state index in [9.17, 15) is 4.79 Å². The minimum atomic E-state index is 0.114. The Balaban J connectivity index is 2.03. The molecule has 0 bridgehead atoms. The van der Waals surface area contributed by atoms with Gasteiger partial charge in [0.05, 0.1) is 0 Å². The van der Waals surface area contributed by atoms with E-state index in [0.29, 0.717) is 0 Å². The number of hydrogen-bond donors (Lipinski definition) is 0. The van der Waals surface area contributed by atoms with Crippen molar-refractivity contribution in [3.63, 3.8) is 0 Å². The van der Waals surface area contributed by atoms with E-state index in [4.69, 9.17) is 0 Å². The molecule has 0 N–H and O–H groups in total. The molecule has 1 aliphatic rings. The molecule has 0 aromatic heterocycles. The van der Waals surface area contributed by atoms with Crippen LogP contribution < -0.4 is 0 Å². The van der Waals surface area contributed by atoms with Gasteiger partial charge in [0.15, 0.2) is 0 Å². The van der Waals surface area contributed by atoms with Gasteiger partial charge in [0.25, 0.3) is 0 Å². The minimum Gasteiger partial charge on any atom is -0.303 e. The molecule has 0 aliphatic heterocycles. The van der Waals surface area contributed by atoms with Crippen molar-refractivity contribution in [3.8, 4) is 0 Å². The molecule has 0 saturated heterocycles. The zero-order valence-corrected chi connectivity index (χ0v) is 9.73. The lowest BCUT2D eigenvalue weighted by molar-refractivity contribution is -0.110. The van der Waals surface area contributed by atoms with Crippen LogP contribution in [0.2, 0.25) is 0 Å². The number of benzene rings is 1. The Bertz CT molecular complexity index is 388. The summed E-state index contributed by atoms with van der Waals surface area (Å²) in [5.74, 6) is 0.931. The molecular formula is C15H18O. The van der Waals surface area contributed by atoms with Crippen LogP contribution in [-0.2, 0) is 11.2 Å². The smallest absolute Gasteiger partial charge is 0.123 e. The summed E-state index contributed by atoms with van der Waals surface area (Å²) in [7, 11) is 0. The first kappa shape index (κ1) is 11.1. The van der Waals surface area contributed by atoms with Crippen LogP contribution in [0.3, 0.4) is 0 Å².